The van der Waals surface area contributed by atoms with E-state index >= 15 is 0 Å². The van der Waals surface area contributed by atoms with Crippen LogP contribution in [0.15, 0.2) is 84.0 Å². The van der Waals surface area contributed by atoms with Gasteiger partial charge in [0.05, 0.1) is 27.0 Å². The second kappa shape index (κ2) is 12.6. The summed E-state index contributed by atoms with van der Waals surface area (Å²) in [6.07, 6.45) is 2.72. The van der Waals surface area contributed by atoms with Crippen molar-refractivity contribution in [3.8, 4) is 17.2 Å². The highest BCUT2D eigenvalue weighted by Gasteiger charge is 2.13. The van der Waals surface area contributed by atoms with Crippen molar-refractivity contribution in [2.45, 2.75) is 0 Å². The number of nitrogens with one attached hydrogen (secondary N) is 1. The van der Waals surface area contributed by atoms with Crippen molar-refractivity contribution in [2.75, 3.05) is 27.9 Å². The maximum atomic E-state index is 12.3. The Morgan fingerprint density at radius 1 is 0.829 bits per heavy atom. The van der Waals surface area contributed by atoms with Crippen LogP contribution < -0.4 is 19.6 Å². The summed E-state index contributed by atoms with van der Waals surface area (Å²) in [5.74, 6) is 0.0833. The van der Waals surface area contributed by atoms with E-state index < -0.39 is 18.5 Å². The summed E-state index contributed by atoms with van der Waals surface area (Å²) in [4.78, 5) is 24.4. The third-order valence-corrected chi connectivity index (χ3v) is 4.83. The Morgan fingerprint density at radius 3 is 1.86 bits per heavy atom. The molecule has 0 aromatic heterocycles. The monoisotopic (exact) mass is 474 g/mol. The van der Waals surface area contributed by atoms with Crippen LogP contribution in [0.2, 0.25) is 0 Å². The minimum atomic E-state index is -0.691. The number of rotatable bonds is 10. The van der Waals surface area contributed by atoms with Gasteiger partial charge in [0.1, 0.15) is 0 Å². The van der Waals surface area contributed by atoms with Gasteiger partial charge in [-0.1, -0.05) is 60.7 Å². The van der Waals surface area contributed by atoms with Gasteiger partial charge in [0, 0.05) is 17.2 Å². The van der Waals surface area contributed by atoms with Gasteiger partial charge in [0.25, 0.3) is 5.91 Å². The number of benzene rings is 3. The zero-order valence-corrected chi connectivity index (χ0v) is 19.7. The van der Waals surface area contributed by atoms with Gasteiger partial charge in [-0.05, 0) is 23.8 Å². The fraction of sp³-hybridized carbons (Fsp3) is 0.148. The molecule has 3 rings (SSSR count). The molecule has 180 valence electrons. The van der Waals surface area contributed by atoms with E-state index in [0.717, 1.165) is 11.1 Å². The van der Waals surface area contributed by atoms with Gasteiger partial charge in [-0.2, -0.15) is 5.10 Å². The highest BCUT2D eigenvalue weighted by molar-refractivity contribution is 6.13. The summed E-state index contributed by atoms with van der Waals surface area (Å²) in [6.45, 7) is -0.487. The highest BCUT2D eigenvalue weighted by Crippen LogP contribution is 2.38. The van der Waals surface area contributed by atoms with Gasteiger partial charge < -0.3 is 18.9 Å². The molecular formula is C27H26N2O6. The van der Waals surface area contributed by atoms with Crippen LogP contribution in [0.1, 0.15) is 16.7 Å². The maximum Gasteiger partial charge on any atom is 0.331 e. The number of methoxy groups -OCH3 is 3. The van der Waals surface area contributed by atoms with E-state index in [-0.39, 0.29) is 0 Å². The van der Waals surface area contributed by atoms with Crippen LogP contribution in [-0.2, 0) is 14.3 Å². The zero-order chi connectivity index (χ0) is 25.0. The number of esters is 1. The Labute approximate surface area is 203 Å². The molecule has 0 heterocycles. The molecule has 0 fully saturated rings. The van der Waals surface area contributed by atoms with E-state index in [2.05, 4.69) is 10.5 Å². The van der Waals surface area contributed by atoms with Crippen LogP contribution in [-0.4, -0.2) is 45.5 Å². The Bertz CT molecular complexity index is 1140. The molecule has 8 nitrogen and oxygen atoms in total. The first-order chi connectivity index (χ1) is 17.0. The average Bonchev–Trinajstić information content (AvgIpc) is 2.91. The van der Waals surface area contributed by atoms with Crippen LogP contribution in [0.3, 0.4) is 0 Å². The quantitative estimate of drug-likeness (QED) is 0.208. The zero-order valence-electron chi connectivity index (χ0n) is 19.7. The molecule has 8 heteroatoms. The minimum Gasteiger partial charge on any atom is -0.493 e. The molecule has 0 aliphatic heterocycles. The number of carbonyl (C=O) groups is 2. The van der Waals surface area contributed by atoms with Crippen molar-refractivity contribution in [1.82, 2.24) is 5.43 Å². The Hall–Kier alpha value is -4.59. The summed E-state index contributed by atoms with van der Waals surface area (Å²) in [6, 6.07) is 22.3. The van der Waals surface area contributed by atoms with Crippen molar-refractivity contribution >= 4 is 23.7 Å². The highest BCUT2D eigenvalue weighted by atomic mass is 16.5. The van der Waals surface area contributed by atoms with Crippen molar-refractivity contribution in [3.63, 3.8) is 0 Å². The van der Waals surface area contributed by atoms with Crippen LogP contribution in [0.4, 0.5) is 0 Å². The number of hydrogen-bond donors (Lipinski definition) is 1. The average molecular weight is 475 g/mol. The second-order valence-electron chi connectivity index (χ2n) is 7.13. The smallest absolute Gasteiger partial charge is 0.331 e. The fourth-order valence-electron chi connectivity index (χ4n) is 3.18. The Balaban J connectivity index is 1.62. The predicted octanol–water partition coefficient (Wildman–Crippen LogP) is 3.84. The SMILES string of the molecule is COc1cc(/C=C/C(=O)OCC(=O)NN=C(c2ccccc2)c2ccccc2)cc(OC)c1OC. The summed E-state index contributed by atoms with van der Waals surface area (Å²) < 4.78 is 20.9. The third kappa shape index (κ3) is 6.94. The lowest BCUT2D eigenvalue weighted by Crippen LogP contribution is -2.26. The van der Waals surface area contributed by atoms with Crippen LogP contribution >= 0.6 is 0 Å². The van der Waals surface area contributed by atoms with E-state index in [1.54, 1.807) is 12.1 Å². The lowest BCUT2D eigenvalue weighted by molar-refractivity contribution is -0.143. The lowest BCUT2D eigenvalue weighted by atomic mass is 10.0. The van der Waals surface area contributed by atoms with Gasteiger partial charge in [-0.3, -0.25) is 4.79 Å². The van der Waals surface area contributed by atoms with Gasteiger partial charge >= 0.3 is 5.97 Å². The molecule has 0 spiro atoms. The minimum absolute atomic E-state index is 0.442. The molecule has 0 saturated heterocycles. The van der Waals surface area contributed by atoms with Gasteiger partial charge in [-0.25, -0.2) is 10.2 Å². The largest absolute Gasteiger partial charge is 0.493 e. The Morgan fingerprint density at radius 2 is 1.37 bits per heavy atom. The molecule has 0 radical (unpaired) electrons. The number of nitrogens with zero attached hydrogens (tertiary/aromatic N) is 1. The summed E-state index contributed by atoms with van der Waals surface area (Å²) in [7, 11) is 4.51. The van der Waals surface area contributed by atoms with Gasteiger partial charge in [-0.15, -0.1) is 0 Å². The second-order valence-corrected chi connectivity index (χ2v) is 7.13. The molecule has 0 aliphatic carbocycles. The van der Waals surface area contributed by atoms with Crippen LogP contribution in [0, 0.1) is 0 Å². The topological polar surface area (TPSA) is 95.5 Å². The van der Waals surface area contributed by atoms with Crippen molar-refractivity contribution < 1.29 is 28.5 Å². The Kier molecular flexibility index (Phi) is 9.01. The third-order valence-electron chi connectivity index (χ3n) is 4.83. The predicted molar refractivity (Wildman–Crippen MR) is 133 cm³/mol. The van der Waals surface area contributed by atoms with E-state index in [9.17, 15) is 9.59 Å². The van der Waals surface area contributed by atoms with Crippen molar-refractivity contribution in [1.29, 1.82) is 0 Å². The molecule has 0 atom stereocenters. The number of hydrazone groups is 1. The lowest BCUT2D eigenvalue weighted by Gasteiger charge is -2.12. The number of carbonyl (C=O) groups excluding carboxylic acids is 2. The molecular weight excluding hydrogens is 448 g/mol. The van der Waals surface area contributed by atoms with Crippen molar-refractivity contribution in [3.05, 3.63) is 95.6 Å². The van der Waals surface area contributed by atoms with Crippen molar-refractivity contribution in [2.24, 2.45) is 5.10 Å². The summed E-state index contributed by atoms with van der Waals surface area (Å²) in [5, 5.41) is 4.26. The van der Waals surface area contributed by atoms with E-state index in [0.29, 0.717) is 28.5 Å². The summed E-state index contributed by atoms with van der Waals surface area (Å²) in [5.41, 5.74) is 5.34. The normalized spacial score (nSPS) is 10.4. The van der Waals surface area contributed by atoms with E-state index in [4.69, 9.17) is 18.9 Å². The molecule has 0 aliphatic rings. The molecule has 0 saturated carbocycles. The molecule has 3 aromatic rings. The molecule has 3 aromatic carbocycles. The number of hydrogen-bond acceptors (Lipinski definition) is 7. The first-order valence-corrected chi connectivity index (χ1v) is 10.7. The first kappa shape index (κ1) is 25.0. The number of ether oxygens (including phenoxy) is 4. The maximum absolute atomic E-state index is 12.3. The van der Waals surface area contributed by atoms with E-state index in [1.807, 2.05) is 60.7 Å². The molecule has 0 unspecified atom stereocenters. The fourth-order valence-corrected chi connectivity index (χ4v) is 3.18. The molecule has 1 amide bonds. The van der Waals surface area contributed by atoms with Gasteiger partial charge in [0.2, 0.25) is 5.75 Å². The van der Waals surface area contributed by atoms with Crippen LogP contribution in [0.5, 0.6) is 17.2 Å². The summed E-state index contributed by atoms with van der Waals surface area (Å²) >= 11 is 0. The molecule has 0 bridgehead atoms. The standard InChI is InChI=1S/C27H26N2O6/c1-32-22-16-19(17-23(33-2)27(22)34-3)14-15-25(31)35-18-24(30)28-29-26(20-10-6-4-7-11-20)21-12-8-5-9-13-21/h4-17H,18H2,1-3H3,(H,28,30)/b15-14+. The number of amides is 1. The first-order valence-electron chi connectivity index (χ1n) is 10.7. The molecule has 35 heavy (non-hydrogen) atoms. The molecule has 1 N–H and O–H groups in total. The van der Waals surface area contributed by atoms with Gasteiger partial charge in [0.15, 0.2) is 18.1 Å². The van der Waals surface area contributed by atoms with Crippen LogP contribution in [0.25, 0.3) is 6.08 Å². The van der Waals surface area contributed by atoms with E-state index in [1.165, 1.54) is 33.5 Å².